The molecule has 0 bridgehead atoms. The minimum atomic E-state index is -0.145. The van der Waals surface area contributed by atoms with E-state index in [0.717, 1.165) is 31.6 Å². The summed E-state index contributed by atoms with van der Waals surface area (Å²) in [5.74, 6) is 1.01. The van der Waals surface area contributed by atoms with Crippen LogP contribution in [0.1, 0.15) is 46.5 Å². The van der Waals surface area contributed by atoms with Crippen molar-refractivity contribution in [3.63, 3.8) is 0 Å². The van der Waals surface area contributed by atoms with Crippen molar-refractivity contribution in [2.75, 3.05) is 20.3 Å². The Morgan fingerprint density at radius 2 is 1.88 bits per heavy atom. The van der Waals surface area contributed by atoms with E-state index in [1.807, 2.05) is 0 Å². The highest BCUT2D eigenvalue weighted by atomic mass is 16.5. The van der Waals surface area contributed by atoms with Gasteiger partial charge in [0.15, 0.2) is 0 Å². The van der Waals surface area contributed by atoms with Crippen molar-refractivity contribution >= 4 is 5.78 Å². The zero-order valence-electron chi connectivity index (χ0n) is 11.7. The Hall–Kier alpha value is -0.830. The summed E-state index contributed by atoms with van der Waals surface area (Å²) in [5, 5.41) is 0. The van der Waals surface area contributed by atoms with Gasteiger partial charge in [0.1, 0.15) is 5.78 Å². The average molecular weight is 242 g/mol. The number of hydrogen-bond acceptors (Lipinski definition) is 3. The Morgan fingerprint density at radius 1 is 1.24 bits per heavy atom. The van der Waals surface area contributed by atoms with Gasteiger partial charge < -0.3 is 14.3 Å². The molecule has 0 aromatic rings. The number of carbonyl (C=O) groups is 1. The van der Waals surface area contributed by atoms with Crippen LogP contribution in [0.2, 0.25) is 0 Å². The molecule has 3 nitrogen and oxygen atoms in total. The molecular formula is C14H26O3. The van der Waals surface area contributed by atoms with E-state index in [0.29, 0.717) is 13.0 Å². The number of ketones is 1. The van der Waals surface area contributed by atoms with Gasteiger partial charge in [-0.3, -0.25) is 0 Å². The normalized spacial score (nSPS) is 11.3. The maximum absolute atomic E-state index is 10.7. The third-order valence-corrected chi connectivity index (χ3v) is 2.78. The van der Waals surface area contributed by atoms with Crippen LogP contribution in [0.4, 0.5) is 0 Å². The standard InChI is InChI=1S/C14H26O3/c1-12(15)9-7-6-8-10-17-11-14(3,4)13(2)16-5/h2,6-11H2,1,3-5H3. The number of carbonyl (C=O) groups excluding carboxylic acids is 1. The number of unbranched alkanes of at least 4 members (excludes halogenated alkanes) is 2. The topological polar surface area (TPSA) is 35.5 Å². The molecule has 0 aromatic carbocycles. The number of rotatable bonds is 10. The summed E-state index contributed by atoms with van der Waals surface area (Å²) >= 11 is 0. The van der Waals surface area contributed by atoms with Gasteiger partial charge in [0.2, 0.25) is 0 Å². The fourth-order valence-corrected chi connectivity index (χ4v) is 1.44. The third kappa shape index (κ3) is 7.97. The van der Waals surface area contributed by atoms with Crippen molar-refractivity contribution in [1.29, 1.82) is 0 Å². The quantitative estimate of drug-likeness (QED) is 0.435. The number of hydrogen-bond donors (Lipinski definition) is 0. The van der Waals surface area contributed by atoms with E-state index in [1.165, 1.54) is 0 Å². The van der Waals surface area contributed by atoms with Crippen LogP contribution in [0.5, 0.6) is 0 Å². The molecule has 0 aromatic heterocycles. The summed E-state index contributed by atoms with van der Waals surface area (Å²) in [6.07, 6.45) is 3.70. The highest BCUT2D eigenvalue weighted by Gasteiger charge is 2.22. The largest absolute Gasteiger partial charge is 0.501 e. The molecule has 0 rings (SSSR count). The third-order valence-electron chi connectivity index (χ3n) is 2.78. The summed E-state index contributed by atoms with van der Waals surface area (Å²) in [7, 11) is 1.63. The molecule has 0 aliphatic rings. The Balaban J connectivity index is 3.51. The molecule has 0 spiro atoms. The van der Waals surface area contributed by atoms with Crippen molar-refractivity contribution < 1.29 is 14.3 Å². The van der Waals surface area contributed by atoms with Gasteiger partial charge in [0.25, 0.3) is 0 Å². The SMILES string of the molecule is C=C(OC)C(C)(C)COCCCCCC(C)=O. The number of Topliss-reactive ketones (excluding diaryl/α,β-unsaturated/α-hetero) is 1. The minimum Gasteiger partial charge on any atom is -0.501 e. The molecule has 0 N–H and O–H groups in total. The van der Waals surface area contributed by atoms with Crippen LogP contribution in [0, 0.1) is 5.41 Å². The van der Waals surface area contributed by atoms with Crippen molar-refractivity contribution in [2.45, 2.75) is 46.5 Å². The summed E-state index contributed by atoms with van der Waals surface area (Å²) in [4.78, 5) is 10.7. The van der Waals surface area contributed by atoms with Gasteiger partial charge in [-0.2, -0.15) is 0 Å². The second-order valence-corrected chi connectivity index (χ2v) is 5.08. The summed E-state index contributed by atoms with van der Waals surface area (Å²) in [6.45, 7) is 10.9. The first kappa shape index (κ1) is 16.2. The second kappa shape index (κ2) is 8.29. The van der Waals surface area contributed by atoms with Gasteiger partial charge in [-0.1, -0.05) is 26.8 Å². The van der Waals surface area contributed by atoms with E-state index in [4.69, 9.17) is 9.47 Å². The van der Waals surface area contributed by atoms with E-state index in [9.17, 15) is 4.79 Å². The summed E-state index contributed by atoms with van der Waals surface area (Å²) < 4.78 is 10.7. The van der Waals surface area contributed by atoms with Gasteiger partial charge in [0, 0.05) is 18.4 Å². The first-order chi connectivity index (χ1) is 7.90. The van der Waals surface area contributed by atoms with E-state index in [1.54, 1.807) is 14.0 Å². The monoisotopic (exact) mass is 242 g/mol. The van der Waals surface area contributed by atoms with Crippen LogP contribution in [0.25, 0.3) is 0 Å². The smallest absolute Gasteiger partial charge is 0.129 e. The number of methoxy groups -OCH3 is 1. The van der Waals surface area contributed by atoms with Gasteiger partial charge in [-0.15, -0.1) is 0 Å². The first-order valence-corrected chi connectivity index (χ1v) is 6.20. The van der Waals surface area contributed by atoms with Crippen molar-refractivity contribution in [3.05, 3.63) is 12.3 Å². The second-order valence-electron chi connectivity index (χ2n) is 5.08. The highest BCUT2D eigenvalue weighted by Crippen LogP contribution is 2.25. The van der Waals surface area contributed by atoms with Crippen molar-refractivity contribution in [2.24, 2.45) is 5.41 Å². The Morgan fingerprint density at radius 3 is 2.41 bits per heavy atom. The van der Waals surface area contributed by atoms with Gasteiger partial charge in [-0.25, -0.2) is 0 Å². The average Bonchev–Trinajstić information content (AvgIpc) is 2.26. The molecule has 0 unspecified atom stereocenters. The Bertz CT molecular complexity index is 244. The molecule has 0 heterocycles. The van der Waals surface area contributed by atoms with E-state index in [-0.39, 0.29) is 11.2 Å². The molecule has 0 aliphatic heterocycles. The van der Waals surface area contributed by atoms with Crippen LogP contribution >= 0.6 is 0 Å². The molecule has 100 valence electrons. The molecule has 0 aliphatic carbocycles. The predicted octanol–water partition coefficient (Wildman–Crippen LogP) is 3.34. The van der Waals surface area contributed by atoms with Crippen LogP contribution in [-0.2, 0) is 14.3 Å². The van der Waals surface area contributed by atoms with Crippen molar-refractivity contribution in [3.8, 4) is 0 Å². The lowest BCUT2D eigenvalue weighted by Crippen LogP contribution is -2.22. The minimum absolute atomic E-state index is 0.145. The van der Waals surface area contributed by atoms with Crippen molar-refractivity contribution in [1.82, 2.24) is 0 Å². The van der Waals surface area contributed by atoms with Gasteiger partial charge >= 0.3 is 0 Å². The van der Waals surface area contributed by atoms with Crippen LogP contribution in [0.3, 0.4) is 0 Å². The van der Waals surface area contributed by atoms with Crippen LogP contribution in [-0.4, -0.2) is 26.1 Å². The maximum atomic E-state index is 10.7. The van der Waals surface area contributed by atoms with E-state index in [2.05, 4.69) is 20.4 Å². The predicted molar refractivity (Wildman–Crippen MR) is 69.9 cm³/mol. The van der Waals surface area contributed by atoms with E-state index < -0.39 is 0 Å². The zero-order chi connectivity index (χ0) is 13.3. The molecule has 0 saturated carbocycles. The van der Waals surface area contributed by atoms with Gasteiger partial charge in [0.05, 0.1) is 19.5 Å². The summed E-state index contributed by atoms with van der Waals surface area (Å²) in [5.41, 5.74) is -0.145. The molecule has 0 amide bonds. The summed E-state index contributed by atoms with van der Waals surface area (Å²) in [6, 6.07) is 0. The number of ether oxygens (including phenoxy) is 2. The molecular weight excluding hydrogens is 216 g/mol. The van der Waals surface area contributed by atoms with Gasteiger partial charge in [-0.05, 0) is 19.8 Å². The van der Waals surface area contributed by atoms with E-state index >= 15 is 0 Å². The lowest BCUT2D eigenvalue weighted by atomic mass is 9.93. The lowest BCUT2D eigenvalue weighted by Gasteiger charge is -2.25. The molecule has 0 saturated heterocycles. The molecule has 17 heavy (non-hydrogen) atoms. The fraction of sp³-hybridized carbons (Fsp3) is 0.786. The Kier molecular flexibility index (Phi) is 7.88. The first-order valence-electron chi connectivity index (χ1n) is 6.20. The molecule has 0 fully saturated rings. The maximum Gasteiger partial charge on any atom is 0.129 e. The molecule has 0 radical (unpaired) electrons. The highest BCUT2D eigenvalue weighted by molar-refractivity contribution is 5.75. The van der Waals surface area contributed by atoms with Crippen LogP contribution in [0.15, 0.2) is 12.3 Å². The molecule has 3 heteroatoms. The Labute approximate surface area is 105 Å². The fourth-order valence-electron chi connectivity index (χ4n) is 1.44. The lowest BCUT2D eigenvalue weighted by molar-refractivity contribution is -0.117. The van der Waals surface area contributed by atoms with Crippen LogP contribution < -0.4 is 0 Å². The molecule has 0 atom stereocenters. The zero-order valence-corrected chi connectivity index (χ0v) is 11.7.